The molecule has 19 heavy (non-hydrogen) atoms. The first-order valence-corrected chi connectivity index (χ1v) is 8.03. The van der Waals surface area contributed by atoms with Crippen molar-refractivity contribution >= 4 is 17.5 Å². The predicted molar refractivity (Wildman–Crippen MR) is 76.7 cm³/mol. The van der Waals surface area contributed by atoms with Crippen molar-refractivity contribution in [1.82, 2.24) is 4.98 Å². The van der Waals surface area contributed by atoms with Gasteiger partial charge in [-0.2, -0.15) is 11.8 Å². The number of hydrogen-bond acceptors (Lipinski definition) is 4. The Morgan fingerprint density at radius 1 is 1.58 bits per heavy atom. The van der Waals surface area contributed by atoms with Gasteiger partial charge < -0.3 is 4.74 Å². The van der Waals surface area contributed by atoms with Crippen LogP contribution in [-0.2, 0) is 4.74 Å². The smallest absolute Gasteiger partial charge is 0.166 e. The molecule has 0 amide bonds. The van der Waals surface area contributed by atoms with Crippen molar-refractivity contribution in [3.8, 4) is 0 Å². The van der Waals surface area contributed by atoms with Gasteiger partial charge in [0, 0.05) is 35.7 Å². The van der Waals surface area contributed by atoms with Crippen LogP contribution in [0.25, 0.3) is 0 Å². The minimum atomic E-state index is -0.0225. The van der Waals surface area contributed by atoms with Gasteiger partial charge in [-0.25, -0.2) is 0 Å². The van der Waals surface area contributed by atoms with Crippen molar-refractivity contribution in [2.45, 2.75) is 31.8 Å². The van der Waals surface area contributed by atoms with Crippen LogP contribution in [-0.4, -0.2) is 34.5 Å². The molecule has 2 unspecified atom stereocenters. The van der Waals surface area contributed by atoms with Gasteiger partial charge in [0.25, 0.3) is 0 Å². The summed E-state index contributed by atoms with van der Waals surface area (Å²) in [4.78, 5) is 16.8. The zero-order valence-corrected chi connectivity index (χ0v) is 12.0. The lowest BCUT2D eigenvalue weighted by atomic mass is 9.81. The Morgan fingerprint density at radius 3 is 3.21 bits per heavy atom. The van der Waals surface area contributed by atoms with Crippen LogP contribution in [0.1, 0.15) is 35.3 Å². The third-order valence-electron chi connectivity index (χ3n) is 4.11. The molecule has 0 N–H and O–H groups in total. The van der Waals surface area contributed by atoms with Crippen LogP contribution in [0.4, 0.5) is 0 Å². The first-order valence-electron chi connectivity index (χ1n) is 6.87. The summed E-state index contributed by atoms with van der Waals surface area (Å²) in [6.45, 7) is 2.65. The number of Topliss-reactive ketones (excluding diaryl/α,β-unsaturated/α-hetero) is 1. The molecule has 1 spiro atoms. The van der Waals surface area contributed by atoms with Gasteiger partial charge in [-0.05, 0) is 44.1 Å². The maximum atomic E-state index is 12.6. The molecule has 3 heterocycles. The average molecular weight is 277 g/mol. The van der Waals surface area contributed by atoms with E-state index in [1.165, 1.54) is 0 Å². The molecule has 0 bridgehead atoms. The van der Waals surface area contributed by atoms with Crippen molar-refractivity contribution in [3.05, 3.63) is 29.6 Å². The summed E-state index contributed by atoms with van der Waals surface area (Å²) in [6.07, 6.45) is 4.56. The molecule has 0 aromatic carbocycles. The highest BCUT2D eigenvalue weighted by Crippen LogP contribution is 2.41. The van der Waals surface area contributed by atoms with Crippen LogP contribution in [0.3, 0.4) is 0 Å². The number of ether oxygens (including phenoxy) is 1. The normalized spacial score (nSPS) is 30.7. The minimum Gasteiger partial charge on any atom is -0.374 e. The molecular weight excluding hydrogens is 258 g/mol. The van der Waals surface area contributed by atoms with Crippen LogP contribution in [0.2, 0.25) is 0 Å². The van der Waals surface area contributed by atoms with Gasteiger partial charge in [0.05, 0.1) is 5.60 Å². The quantitative estimate of drug-likeness (QED) is 0.779. The summed E-state index contributed by atoms with van der Waals surface area (Å²) in [6, 6.07) is 3.73. The SMILES string of the molecule is Cc1cc(C(=O)C2CCOC3(CCSC3)C2)ccn1. The second kappa shape index (κ2) is 5.25. The van der Waals surface area contributed by atoms with E-state index in [4.69, 9.17) is 4.74 Å². The maximum absolute atomic E-state index is 12.6. The standard InChI is InChI=1S/C15H19NO2S/c1-11-8-12(2-5-16-11)14(17)13-3-6-18-15(9-13)4-7-19-10-15/h2,5,8,13H,3-4,6-7,9-10H2,1H3. The number of pyridine rings is 1. The van der Waals surface area contributed by atoms with Gasteiger partial charge >= 0.3 is 0 Å². The maximum Gasteiger partial charge on any atom is 0.166 e. The molecule has 0 radical (unpaired) electrons. The summed E-state index contributed by atoms with van der Waals surface area (Å²) in [5, 5.41) is 0. The van der Waals surface area contributed by atoms with Crippen LogP contribution < -0.4 is 0 Å². The number of aromatic nitrogens is 1. The fourth-order valence-electron chi connectivity index (χ4n) is 3.05. The van der Waals surface area contributed by atoms with Gasteiger partial charge in [-0.1, -0.05) is 0 Å². The van der Waals surface area contributed by atoms with Crippen molar-refractivity contribution < 1.29 is 9.53 Å². The van der Waals surface area contributed by atoms with E-state index in [2.05, 4.69) is 4.98 Å². The lowest BCUT2D eigenvalue weighted by molar-refractivity contribution is -0.0734. The number of aryl methyl sites for hydroxylation is 1. The third-order valence-corrected chi connectivity index (χ3v) is 5.34. The summed E-state index contributed by atoms with van der Waals surface area (Å²) in [5.74, 6) is 2.60. The fourth-order valence-corrected chi connectivity index (χ4v) is 4.43. The molecule has 0 saturated carbocycles. The minimum absolute atomic E-state index is 0.0225. The highest BCUT2D eigenvalue weighted by molar-refractivity contribution is 7.99. The largest absolute Gasteiger partial charge is 0.374 e. The Hall–Kier alpha value is -0.870. The Labute approximate surface area is 118 Å². The number of carbonyl (C=O) groups is 1. The highest BCUT2D eigenvalue weighted by atomic mass is 32.2. The molecule has 2 aliphatic heterocycles. The molecule has 3 rings (SSSR count). The summed E-state index contributed by atoms with van der Waals surface area (Å²) in [5.41, 5.74) is 1.69. The Balaban J connectivity index is 1.76. The summed E-state index contributed by atoms with van der Waals surface area (Å²) < 4.78 is 5.98. The van der Waals surface area contributed by atoms with Crippen LogP contribution >= 0.6 is 11.8 Å². The van der Waals surface area contributed by atoms with E-state index in [-0.39, 0.29) is 17.3 Å². The van der Waals surface area contributed by atoms with E-state index in [9.17, 15) is 4.79 Å². The van der Waals surface area contributed by atoms with E-state index in [0.29, 0.717) is 0 Å². The van der Waals surface area contributed by atoms with Gasteiger partial charge in [-0.3, -0.25) is 9.78 Å². The summed E-state index contributed by atoms with van der Waals surface area (Å²) in [7, 11) is 0. The molecule has 102 valence electrons. The second-order valence-electron chi connectivity index (χ2n) is 5.57. The first kappa shape index (κ1) is 13.1. The topological polar surface area (TPSA) is 39.2 Å². The van der Waals surface area contributed by atoms with Gasteiger partial charge in [0.15, 0.2) is 5.78 Å². The van der Waals surface area contributed by atoms with E-state index < -0.39 is 0 Å². The molecule has 2 saturated heterocycles. The monoisotopic (exact) mass is 277 g/mol. The molecule has 4 heteroatoms. The highest BCUT2D eigenvalue weighted by Gasteiger charge is 2.42. The molecule has 0 aliphatic carbocycles. The molecule has 1 aromatic rings. The molecule has 3 nitrogen and oxygen atoms in total. The van der Waals surface area contributed by atoms with E-state index >= 15 is 0 Å². The average Bonchev–Trinajstić information content (AvgIpc) is 2.86. The molecule has 2 atom stereocenters. The Kier molecular flexibility index (Phi) is 3.63. The van der Waals surface area contributed by atoms with E-state index in [1.54, 1.807) is 6.20 Å². The van der Waals surface area contributed by atoms with Crippen molar-refractivity contribution in [1.29, 1.82) is 0 Å². The predicted octanol–water partition coefficient (Wildman–Crippen LogP) is 2.88. The third kappa shape index (κ3) is 2.70. The molecular formula is C15H19NO2S. The summed E-state index contributed by atoms with van der Waals surface area (Å²) >= 11 is 1.95. The van der Waals surface area contributed by atoms with Gasteiger partial charge in [-0.15, -0.1) is 0 Å². The van der Waals surface area contributed by atoms with Gasteiger partial charge in [0.1, 0.15) is 0 Å². The van der Waals surface area contributed by atoms with Gasteiger partial charge in [0.2, 0.25) is 0 Å². The zero-order chi connectivity index (χ0) is 13.3. The Morgan fingerprint density at radius 2 is 2.47 bits per heavy atom. The number of hydrogen-bond donors (Lipinski definition) is 0. The van der Waals surface area contributed by atoms with Crippen molar-refractivity contribution in [2.75, 3.05) is 18.1 Å². The zero-order valence-electron chi connectivity index (χ0n) is 11.2. The molecule has 2 aliphatic rings. The second-order valence-corrected chi connectivity index (χ2v) is 6.68. The van der Waals surface area contributed by atoms with E-state index in [1.807, 2.05) is 30.8 Å². The number of rotatable bonds is 2. The lowest BCUT2D eigenvalue weighted by Gasteiger charge is -2.37. The number of carbonyl (C=O) groups excluding carboxylic acids is 1. The fraction of sp³-hybridized carbons (Fsp3) is 0.600. The number of ketones is 1. The molecule has 1 aromatic heterocycles. The first-order chi connectivity index (χ1) is 9.19. The Bertz CT molecular complexity index is 483. The van der Waals surface area contributed by atoms with Crippen molar-refractivity contribution in [2.24, 2.45) is 5.92 Å². The van der Waals surface area contributed by atoms with E-state index in [0.717, 1.165) is 48.6 Å². The van der Waals surface area contributed by atoms with Crippen LogP contribution in [0.5, 0.6) is 0 Å². The van der Waals surface area contributed by atoms with Crippen molar-refractivity contribution in [3.63, 3.8) is 0 Å². The number of thioether (sulfide) groups is 1. The number of nitrogens with zero attached hydrogens (tertiary/aromatic N) is 1. The van der Waals surface area contributed by atoms with Crippen LogP contribution in [0, 0.1) is 12.8 Å². The van der Waals surface area contributed by atoms with Crippen LogP contribution in [0.15, 0.2) is 18.3 Å². The lowest BCUT2D eigenvalue weighted by Crippen LogP contribution is -2.42. The molecule has 2 fully saturated rings.